The highest BCUT2D eigenvalue weighted by Gasteiger charge is 2.40. The van der Waals surface area contributed by atoms with Crippen molar-refractivity contribution in [1.82, 2.24) is 19.9 Å². The number of aromatic amines is 1. The number of nitrogens with zero attached hydrogens (tertiary/aromatic N) is 3. The Morgan fingerprint density at radius 2 is 2.27 bits per heavy atom. The second-order valence-corrected chi connectivity index (χ2v) is 8.22. The van der Waals surface area contributed by atoms with Gasteiger partial charge in [0.2, 0.25) is 0 Å². The van der Waals surface area contributed by atoms with Crippen LogP contribution in [0.4, 0.5) is 10.2 Å². The average molecular weight is 432 g/mol. The lowest BCUT2D eigenvalue weighted by atomic mass is 9.78. The summed E-state index contributed by atoms with van der Waals surface area (Å²) in [7, 11) is 0. The molecule has 4 rings (SSSR count). The minimum Gasteiger partial charge on any atom is -0.382 e. The number of aromatic nitrogens is 4. The second kappa shape index (κ2) is 8.28. The second-order valence-electron chi connectivity index (χ2n) is 7.78. The van der Waals surface area contributed by atoms with Crippen LogP contribution in [0.1, 0.15) is 45.4 Å². The van der Waals surface area contributed by atoms with Crippen molar-refractivity contribution in [1.29, 1.82) is 0 Å². The van der Waals surface area contributed by atoms with Gasteiger partial charge in [-0.2, -0.15) is 0 Å². The fourth-order valence-corrected chi connectivity index (χ4v) is 4.20. The molecule has 1 aliphatic carbocycles. The van der Waals surface area contributed by atoms with Gasteiger partial charge in [0.1, 0.15) is 11.2 Å². The van der Waals surface area contributed by atoms with Crippen LogP contribution in [0.15, 0.2) is 24.7 Å². The molecule has 2 atom stereocenters. The number of carbonyl (C=O) groups is 1. The quantitative estimate of drug-likeness (QED) is 0.538. The number of halogens is 2. The van der Waals surface area contributed by atoms with Crippen LogP contribution < -0.4 is 5.32 Å². The van der Waals surface area contributed by atoms with Crippen LogP contribution in [0.25, 0.3) is 22.4 Å². The van der Waals surface area contributed by atoms with E-state index < -0.39 is 11.4 Å². The molecule has 0 aromatic carbocycles. The van der Waals surface area contributed by atoms with Gasteiger partial charge < -0.3 is 15.4 Å². The number of Topliss-reactive ketones (excluding diaryl/α,β-unsaturated/α-hetero) is 1. The first-order valence-electron chi connectivity index (χ1n) is 10.1. The Balaban J connectivity index is 1.59. The Hall–Kier alpha value is -2.58. The number of aliphatic hydroxyl groups is 1. The van der Waals surface area contributed by atoms with E-state index in [9.17, 15) is 14.3 Å². The van der Waals surface area contributed by atoms with Gasteiger partial charge in [-0.1, -0.05) is 18.5 Å². The lowest BCUT2D eigenvalue weighted by Gasteiger charge is -2.36. The van der Waals surface area contributed by atoms with E-state index in [-0.39, 0.29) is 24.1 Å². The summed E-state index contributed by atoms with van der Waals surface area (Å²) < 4.78 is 14.5. The van der Waals surface area contributed by atoms with Crippen LogP contribution in [0.5, 0.6) is 0 Å². The van der Waals surface area contributed by atoms with Crippen LogP contribution in [0.2, 0.25) is 5.02 Å². The van der Waals surface area contributed by atoms with E-state index in [4.69, 9.17) is 11.6 Å². The molecule has 3 N–H and O–H groups in total. The zero-order valence-electron chi connectivity index (χ0n) is 16.6. The van der Waals surface area contributed by atoms with Gasteiger partial charge in [-0.3, -0.25) is 4.79 Å². The third-order valence-corrected chi connectivity index (χ3v) is 5.75. The van der Waals surface area contributed by atoms with E-state index in [0.717, 1.165) is 11.6 Å². The van der Waals surface area contributed by atoms with Gasteiger partial charge in [-0.05, 0) is 31.7 Å². The number of fused-ring (bicyclic) bond motifs is 1. The highest BCUT2D eigenvalue weighted by atomic mass is 35.5. The first-order chi connectivity index (χ1) is 14.4. The Bertz CT molecular complexity index is 1090. The van der Waals surface area contributed by atoms with Crippen molar-refractivity contribution in [2.75, 3.05) is 5.32 Å². The van der Waals surface area contributed by atoms with Crippen molar-refractivity contribution in [3.8, 4) is 11.4 Å². The highest BCUT2D eigenvalue weighted by Crippen LogP contribution is 2.33. The largest absolute Gasteiger partial charge is 0.382 e. The maximum absolute atomic E-state index is 14.5. The number of hydrogen-bond acceptors (Lipinski definition) is 6. The Morgan fingerprint density at radius 1 is 1.43 bits per heavy atom. The summed E-state index contributed by atoms with van der Waals surface area (Å²) in [6.07, 6.45) is 7.43. The predicted molar refractivity (Wildman–Crippen MR) is 113 cm³/mol. The first-order valence-corrected chi connectivity index (χ1v) is 10.4. The van der Waals surface area contributed by atoms with Crippen molar-refractivity contribution in [3.63, 3.8) is 0 Å². The normalized spacial score (nSPS) is 21.7. The summed E-state index contributed by atoms with van der Waals surface area (Å²) in [6.45, 7) is 1.91. The van der Waals surface area contributed by atoms with E-state index in [1.165, 1.54) is 6.20 Å². The highest BCUT2D eigenvalue weighted by molar-refractivity contribution is 6.31. The summed E-state index contributed by atoms with van der Waals surface area (Å²) >= 11 is 6.05. The number of anilines is 1. The molecule has 0 spiro atoms. The summed E-state index contributed by atoms with van der Waals surface area (Å²) in [4.78, 5) is 28.1. The van der Waals surface area contributed by atoms with Gasteiger partial charge in [0.05, 0.1) is 11.2 Å². The summed E-state index contributed by atoms with van der Waals surface area (Å²) in [5.74, 6) is -0.379. The van der Waals surface area contributed by atoms with Crippen molar-refractivity contribution in [2.45, 2.75) is 57.1 Å². The number of rotatable bonds is 6. The number of pyridine rings is 1. The maximum atomic E-state index is 14.5. The molecule has 0 bridgehead atoms. The monoisotopic (exact) mass is 431 g/mol. The van der Waals surface area contributed by atoms with E-state index >= 15 is 0 Å². The van der Waals surface area contributed by atoms with Crippen LogP contribution >= 0.6 is 11.6 Å². The molecule has 30 heavy (non-hydrogen) atoms. The molecule has 9 heteroatoms. The predicted octanol–water partition coefficient (Wildman–Crippen LogP) is 4.27. The number of nitrogens with one attached hydrogen (secondary N) is 2. The molecule has 0 amide bonds. The number of carbonyl (C=O) groups excluding carboxylic acids is 1. The Kier molecular flexibility index (Phi) is 5.71. The lowest BCUT2D eigenvalue weighted by molar-refractivity contribution is -0.140. The van der Waals surface area contributed by atoms with Gasteiger partial charge in [0.15, 0.2) is 23.2 Å². The molecule has 0 aliphatic heterocycles. The van der Waals surface area contributed by atoms with Crippen LogP contribution in [0, 0.1) is 5.82 Å². The Morgan fingerprint density at radius 3 is 3.07 bits per heavy atom. The smallest absolute Gasteiger partial charge is 0.183 e. The molecule has 158 valence electrons. The molecule has 0 radical (unpaired) electrons. The molecule has 0 saturated heterocycles. The zero-order chi connectivity index (χ0) is 21.3. The SMILES string of the molecule is CCCC(=O)C1(O)CCCC(Nc2nc(-c3c[nH]c4ncc(Cl)cc34)ncc2F)C1. The standard InChI is InChI=1S/C21H23ClFN5O2/c1-2-4-17(29)21(30)6-3-5-13(8-21)27-20-16(23)11-26-19(28-20)15-10-25-18-14(15)7-12(22)9-24-18/h7,9-11,13,30H,2-6,8H2,1H3,(H,24,25)(H,26,27,28). The van der Waals surface area contributed by atoms with Gasteiger partial charge in [-0.25, -0.2) is 19.3 Å². The van der Waals surface area contributed by atoms with Crippen LogP contribution in [-0.2, 0) is 4.79 Å². The Labute approximate surface area is 178 Å². The number of hydrogen-bond donors (Lipinski definition) is 3. The molecule has 3 aromatic heterocycles. The van der Waals surface area contributed by atoms with Gasteiger partial charge in [-0.15, -0.1) is 0 Å². The average Bonchev–Trinajstić information content (AvgIpc) is 3.13. The lowest BCUT2D eigenvalue weighted by Crippen LogP contribution is -2.46. The summed E-state index contributed by atoms with van der Waals surface area (Å²) in [5, 5.41) is 15.1. The van der Waals surface area contributed by atoms with E-state index in [0.29, 0.717) is 54.2 Å². The molecule has 1 saturated carbocycles. The van der Waals surface area contributed by atoms with Crippen LogP contribution in [0.3, 0.4) is 0 Å². The van der Waals surface area contributed by atoms with Gasteiger partial charge in [0, 0.05) is 42.2 Å². The fraction of sp³-hybridized carbons (Fsp3) is 0.429. The fourth-order valence-electron chi connectivity index (χ4n) is 4.04. The third-order valence-electron chi connectivity index (χ3n) is 5.55. The minimum absolute atomic E-state index is 0.0431. The molecular formula is C21H23ClFN5O2. The maximum Gasteiger partial charge on any atom is 0.183 e. The molecular weight excluding hydrogens is 409 g/mol. The van der Waals surface area contributed by atoms with Crippen molar-refractivity contribution in [2.24, 2.45) is 0 Å². The van der Waals surface area contributed by atoms with E-state index in [2.05, 4.69) is 25.3 Å². The van der Waals surface area contributed by atoms with Gasteiger partial charge in [0.25, 0.3) is 0 Å². The summed E-state index contributed by atoms with van der Waals surface area (Å²) in [5.41, 5.74) is -0.0812. The molecule has 1 aliphatic rings. The van der Waals surface area contributed by atoms with Crippen LogP contribution in [-0.4, -0.2) is 42.5 Å². The van der Waals surface area contributed by atoms with E-state index in [1.54, 1.807) is 12.3 Å². The zero-order valence-corrected chi connectivity index (χ0v) is 17.3. The minimum atomic E-state index is -1.36. The number of ketones is 1. The topological polar surface area (TPSA) is 104 Å². The molecule has 1 fully saturated rings. The third kappa shape index (κ3) is 4.02. The molecule has 2 unspecified atom stereocenters. The van der Waals surface area contributed by atoms with Crippen molar-refractivity contribution in [3.05, 3.63) is 35.5 Å². The van der Waals surface area contributed by atoms with Crippen molar-refractivity contribution >= 4 is 34.2 Å². The molecule has 3 aromatic rings. The summed E-state index contributed by atoms with van der Waals surface area (Å²) in [6, 6.07) is 1.48. The molecule has 7 nitrogen and oxygen atoms in total. The number of H-pyrrole nitrogens is 1. The van der Waals surface area contributed by atoms with Gasteiger partial charge >= 0.3 is 0 Å². The van der Waals surface area contributed by atoms with E-state index in [1.807, 2.05) is 6.92 Å². The first kappa shape index (κ1) is 20.7. The molecule has 3 heterocycles. The van der Waals surface area contributed by atoms with Crippen molar-refractivity contribution < 1.29 is 14.3 Å².